The van der Waals surface area contributed by atoms with Crippen molar-refractivity contribution in [2.75, 3.05) is 18.5 Å². The van der Waals surface area contributed by atoms with Gasteiger partial charge in [0.25, 0.3) is 16.8 Å². The van der Waals surface area contributed by atoms with Gasteiger partial charge in [0.15, 0.2) is 11.5 Å². The van der Waals surface area contributed by atoms with Crippen LogP contribution in [0.15, 0.2) is 76.1 Å². The molecule has 1 aliphatic heterocycles. The smallest absolute Gasteiger partial charge is 0.294 e. The van der Waals surface area contributed by atoms with E-state index >= 15 is 0 Å². The Bertz CT molecular complexity index is 1480. The molecule has 0 bridgehead atoms. The van der Waals surface area contributed by atoms with Gasteiger partial charge in [-0.3, -0.25) is 29.4 Å². The van der Waals surface area contributed by atoms with E-state index in [1.54, 1.807) is 67.6 Å². The molecule has 4 rings (SSSR count). The molecule has 1 fully saturated rings. The van der Waals surface area contributed by atoms with Gasteiger partial charge in [0.05, 0.1) is 27.7 Å². The van der Waals surface area contributed by atoms with Crippen molar-refractivity contribution in [3.63, 3.8) is 0 Å². The Morgan fingerprint density at radius 1 is 1.08 bits per heavy atom. The van der Waals surface area contributed by atoms with Crippen LogP contribution >= 0.6 is 27.7 Å². The number of hydrogen-bond donors (Lipinski definition) is 1. The fourth-order valence-corrected chi connectivity index (χ4v) is 4.87. The number of nitro groups is 1. The number of para-hydroxylation sites is 2. The molecule has 1 saturated heterocycles. The van der Waals surface area contributed by atoms with Gasteiger partial charge in [-0.1, -0.05) is 30.3 Å². The zero-order valence-electron chi connectivity index (χ0n) is 20.6. The highest BCUT2D eigenvalue weighted by Gasteiger charge is 2.36. The zero-order chi connectivity index (χ0) is 27.9. The Labute approximate surface area is 236 Å². The molecule has 0 aliphatic carbocycles. The van der Waals surface area contributed by atoms with Crippen molar-refractivity contribution >= 4 is 62.2 Å². The van der Waals surface area contributed by atoms with Crippen molar-refractivity contribution in [3.8, 4) is 11.5 Å². The van der Waals surface area contributed by atoms with Crippen LogP contribution in [0.4, 0.5) is 16.2 Å². The van der Waals surface area contributed by atoms with Crippen molar-refractivity contribution in [2.24, 2.45) is 0 Å². The van der Waals surface area contributed by atoms with Crippen LogP contribution in [0.2, 0.25) is 0 Å². The number of hydrogen-bond acceptors (Lipinski definition) is 8. The van der Waals surface area contributed by atoms with E-state index in [0.29, 0.717) is 39.4 Å². The van der Waals surface area contributed by atoms with Crippen LogP contribution < -0.4 is 14.8 Å². The molecule has 10 nitrogen and oxygen atoms in total. The molecular formula is C27H22BrN3O7S. The predicted octanol–water partition coefficient (Wildman–Crippen LogP) is 6.01. The molecule has 12 heteroatoms. The lowest BCUT2D eigenvalue weighted by molar-refractivity contribution is -0.385. The quantitative estimate of drug-likeness (QED) is 0.168. The number of anilines is 1. The standard InChI is InChI=1S/C27H22BrN3O7S/c1-2-37-23-13-17(11-12-22(23)38-16-18-7-3-6-10-21(18)31(35)36)14-24-26(33)30(27(34)39-24)15-25(32)29-20-9-5-4-8-19(20)28/h3-14H,2,15-16H2,1H3,(H,29,32)/b24-14+. The van der Waals surface area contributed by atoms with Gasteiger partial charge < -0.3 is 14.8 Å². The summed E-state index contributed by atoms with van der Waals surface area (Å²) in [7, 11) is 0. The summed E-state index contributed by atoms with van der Waals surface area (Å²) < 4.78 is 12.2. The molecule has 1 N–H and O–H groups in total. The minimum Gasteiger partial charge on any atom is -0.490 e. The monoisotopic (exact) mass is 611 g/mol. The summed E-state index contributed by atoms with van der Waals surface area (Å²) in [6, 6.07) is 18.2. The van der Waals surface area contributed by atoms with Gasteiger partial charge in [-0.25, -0.2) is 0 Å². The Kier molecular flexibility index (Phi) is 8.99. The molecule has 1 aliphatic rings. The molecule has 0 atom stereocenters. The van der Waals surface area contributed by atoms with Gasteiger partial charge >= 0.3 is 0 Å². The van der Waals surface area contributed by atoms with Crippen molar-refractivity contribution in [1.29, 1.82) is 0 Å². The average molecular weight is 612 g/mol. The average Bonchev–Trinajstić information content (AvgIpc) is 3.17. The van der Waals surface area contributed by atoms with Crippen molar-refractivity contribution < 1.29 is 28.8 Å². The number of amides is 3. The minimum absolute atomic E-state index is 0.0446. The summed E-state index contributed by atoms with van der Waals surface area (Å²) in [6.07, 6.45) is 1.53. The second-order valence-electron chi connectivity index (χ2n) is 8.11. The Morgan fingerprint density at radius 2 is 1.82 bits per heavy atom. The molecule has 1 heterocycles. The van der Waals surface area contributed by atoms with E-state index in [-0.39, 0.29) is 17.2 Å². The van der Waals surface area contributed by atoms with Gasteiger partial charge in [0.1, 0.15) is 13.2 Å². The van der Waals surface area contributed by atoms with Gasteiger partial charge in [-0.05, 0) is 76.6 Å². The molecule has 39 heavy (non-hydrogen) atoms. The summed E-state index contributed by atoms with van der Waals surface area (Å²) in [5.74, 6) is -0.355. The number of ether oxygens (including phenoxy) is 2. The van der Waals surface area contributed by atoms with Crippen LogP contribution in [0, 0.1) is 10.1 Å². The van der Waals surface area contributed by atoms with Gasteiger partial charge in [0, 0.05) is 10.5 Å². The SMILES string of the molecule is CCOc1cc(/C=C2/SC(=O)N(CC(=O)Nc3ccccc3Br)C2=O)ccc1OCc1ccccc1[N+](=O)[O-]. The fraction of sp³-hybridized carbons (Fsp3) is 0.148. The number of carbonyl (C=O) groups is 3. The Morgan fingerprint density at radius 3 is 2.56 bits per heavy atom. The van der Waals surface area contributed by atoms with E-state index in [2.05, 4.69) is 21.2 Å². The molecule has 3 aromatic carbocycles. The maximum absolute atomic E-state index is 12.9. The van der Waals surface area contributed by atoms with E-state index in [9.17, 15) is 24.5 Å². The minimum atomic E-state index is -0.582. The molecule has 200 valence electrons. The molecule has 0 saturated carbocycles. The highest BCUT2D eigenvalue weighted by Crippen LogP contribution is 2.35. The number of carbonyl (C=O) groups excluding carboxylic acids is 3. The van der Waals surface area contributed by atoms with Crippen LogP contribution in [0.5, 0.6) is 11.5 Å². The molecule has 3 amide bonds. The van der Waals surface area contributed by atoms with Crippen molar-refractivity contribution in [3.05, 3.63) is 97.3 Å². The first-order chi connectivity index (χ1) is 18.8. The lowest BCUT2D eigenvalue weighted by atomic mass is 10.1. The van der Waals surface area contributed by atoms with Crippen molar-refractivity contribution in [2.45, 2.75) is 13.5 Å². The third-order valence-corrected chi connectivity index (χ3v) is 7.06. The number of nitro benzene ring substituents is 1. The lowest BCUT2D eigenvalue weighted by Gasteiger charge is -2.13. The van der Waals surface area contributed by atoms with Crippen LogP contribution in [-0.4, -0.2) is 40.0 Å². The number of rotatable bonds is 10. The van der Waals surface area contributed by atoms with Crippen LogP contribution in [0.1, 0.15) is 18.1 Å². The number of halogens is 1. The molecule has 3 aromatic rings. The summed E-state index contributed by atoms with van der Waals surface area (Å²) in [4.78, 5) is 49.7. The topological polar surface area (TPSA) is 128 Å². The van der Waals surface area contributed by atoms with Gasteiger partial charge in [-0.15, -0.1) is 0 Å². The summed E-state index contributed by atoms with van der Waals surface area (Å²) in [5.41, 5.74) is 1.46. The van der Waals surface area contributed by atoms with E-state index in [1.165, 1.54) is 12.1 Å². The van der Waals surface area contributed by atoms with E-state index < -0.39 is 28.5 Å². The first-order valence-corrected chi connectivity index (χ1v) is 13.3. The van der Waals surface area contributed by atoms with Crippen LogP contribution in [-0.2, 0) is 16.2 Å². The maximum atomic E-state index is 12.9. The molecule has 0 aromatic heterocycles. The van der Waals surface area contributed by atoms with Gasteiger partial charge in [-0.2, -0.15) is 0 Å². The van der Waals surface area contributed by atoms with Gasteiger partial charge in [0.2, 0.25) is 5.91 Å². The first-order valence-electron chi connectivity index (χ1n) is 11.7. The number of nitrogens with one attached hydrogen (secondary N) is 1. The van der Waals surface area contributed by atoms with E-state index in [1.807, 2.05) is 0 Å². The largest absolute Gasteiger partial charge is 0.490 e. The highest BCUT2D eigenvalue weighted by molar-refractivity contribution is 9.10. The summed E-state index contributed by atoms with van der Waals surface area (Å²) in [5, 5.41) is 13.4. The molecular weight excluding hydrogens is 590 g/mol. The van der Waals surface area contributed by atoms with Crippen LogP contribution in [0.25, 0.3) is 6.08 Å². The number of nitrogens with zero attached hydrogens (tertiary/aromatic N) is 2. The van der Waals surface area contributed by atoms with Crippen molar-refractivity contribution in [1.82, 2.24) is 4.90 Å². The number of benzene rings is 3. The zero-order valence-corrected chi connectivity index (χ0v) is 23.0. The molecule has 0 spiro atoms. The van der Waals surface area contributed by atoms with E-state index in [0.717, 1.165) is 16.7 Å². The second-order valence-corrected chi connectivity index (χ2v) is 9.96. The predicted molar refractivity (Wildman–Crippen MR) is 150 cm³/mol. The summed E-state index contributed by atoms with van der Waals surface area (Å²) >= 11 is 4.08. The first kappa shape index (κ1) is 27.9. The molecule has 0 radical (unpaired) electrons. The van der Waals surface area contributed by atoms with Crippen LogP contribution in [0.3, 0.4) is 0 Å². The normalized spacial score (nSPS) is 14.0. The lowest BCUT2D eigenvalue weighted by Crippen LogP contribution is -2.36. The highest BCUT2D eigenvalue weighted by atomic mass is 79.9. The Balaban J connectivity index is 1.47. The third kappa shape index (κ3) is 6.84. The fourth-order valence-electron chi connectivity index (χ4n) is 3.65. The number of thioether (sulfide) groups is 1. The van der Waals surface area contributed by atoms with E-state index in [4.69, 9.17) is 9.47 Å². The third-order valence-electron chi connectivity index (χ3n) is 5.46. The second kappa shape index (κ2) is 12.6. The maximum Gasteiger partial charge on any atom is 0.294 e. The summed E-state index contributed by atoms with van der Waals surface area (Å²) in [6.45, 7) is 1.65. The number of imide groups is 1. The Hall–Kier alpha value is -4.16. The molecule has 0 unspecified atom stereocenters.